The van der Waals surface area contributed by atoms with E-state index in [1.807, 2.05) is 12.1 Å². The van der Waals surface area contributed by atoms with Crippen molar-refractivity contribution in [2.75, 3.05) is 0 Å². The van der Waals surface area contributed by atoms with Crippen LogP contribution in [0.3, 0.4) is 0 Å². The molecule has 0 radical (unpaired) electrons. The van der Waals surface area contributed by atoms with Gasteiger partial charge in [-0.05, 0) is 51.1 Å². The van der Waals surface area contributed by atoms with Crippen molar-refractivity contribution in [1.82, 2.24) is 4.98 Å². The summed E-state index contributed by atoms with van der Waals surface area (Å²) in [5.74, 6) is 0. The van der Waals surface area contributed by atoms with E-state index in [9.17, 15) is 4.79 Å². The van der Waals surface area contributed by atoms with Crippen LogP contribution in [0.15, 0.2) is 29.6 Å². The Morgan fingerprint density at radius 1 is 1.29 bits per heavy atom. The molecule has 3 rings (SSSR count). The maximum absolute atomic E-state index is 11.4. The summed E-state index contributed by atoms with van der Waals surface area (Å²) in [6.45, 7) is 10.9. The average molecular weight is 299 g/mol. The number of nitrogens with one attached hydrogen (secondary N) is 1. The minimum absolute atomic E-state index is 0.314. The Bertz CT molecular complexity index is 768. The van der Waals surface area contributed by atoms with Crippen molar-refractivity contribution in [2.45, 2.75) is 39.5 Å². The van der Waals surface area contributed by atoms with E-state index in [-0.39, 0.29) is 5.60 Å². The van der Waals surface area contributed by atoms with Gasteiger partial charge in [-0.25, -0.2) is 0 Å². The number of aromatic amines is 1. The van der Waals surface area contributed by atoms with Gasteiger partial charge in [0.2, 0.25) is 8.32 Å². The molecule has 0 fully saturated rings. The minimum Gasteiger partial charge on any atom is -0.404 e. The Morgan fingerprint density at radius 3 is 2.57 bits per heavy atom. The molecule has 0 saturated heterocycles. The largest absolute Gasteiger partial charge is 0.404 e. The molecular weight excluding hydrogens is 278 g/mol. The lowest BCUT2D eigenvalue weighted by Gasteiger charge is -2.27. The summed E-state index contributed by atoms with van der Waals surface area (Å²) in [6, 6.07) is 6.14. The monoisotopic (exact) mass is 299 g/mol. The van der Waals surface area contributed by atoms with Crippen LogP contribution < -0.4 is 0 Å². The van der Waals surface area contributed by atoms with Gasteiger partial charge < -0.3 is 9.41 Å². The highest BCUT2D eigenvalue weighted by Gasteiger charge is 2.45. The van der Waals surface area contributed by atoms with E-state index < -0.39 is 8.32 Å². The van der Waals surface area contributed by atoms with Crippen LogP contribution in [0.2, 0.25) is 13.1 Å². The number of aromatic nitrogens is 1. The molecule has 110 valence electrons. The van der Waals surface area contributed by atoms with Crippen molar-refractivity contribution in [3.8, 4) is 0 Å². The third kappa shape index (κ3) is 2.01. The maximum Gasteiger partial charge on any atom is 0.215 e. The Hall–Kier alpha value is -1.65. The van der Waals surface area contributed by atoms with Crippen LogP contribution in [0.1, 0.15) is 36.7 Å². The molecule has 0 amide bonds. The Balaban J connectivity index is 2.37. The van der Waals surface area contributed by atoms with E-state index in [0.29, 0.717) is 5.56 Å². The molecule has 1 aliphatic rings. The van der Waals surface area contributed by atoms with E-state index in [2.05, 4.69) is 44.9 Å². The van der Waals surface area contributed by atoms with Gasteiger partial charge in [0, 0.05) is 22.7 Å². The van der Waals surface area contributed by atoms with Crippen molar-refractivity contribution in [3.63, 3.8) is 0 Å². The summed E-state index contributed by atoms with van der Waals surface area (Å²) < 4.78 is 6.38. The molecule has 0 spiro atoms. The highest BCUT2D eigenvalue weighted by molar-refractivity contribution is 6.80. The van der Waals surface area contributed by atoms with E-state index in [1.165, 1.54) is 10.8 Å². The molecule has 1 aliphatic heterocycles. The topological polar surface area (TPSA) is 42.1 Å². The number of aldehydes is 1. The third-order valence-corrected chi connectivity index (χ3v) is 7.60. The molecule has 1 aromatic heterocycles. The normalized spacial score (nSPS) is 20.2. The summed E-state index contributed by atoms with van der Waals surface area (Å²) >= 11 is 0. The van der Waals surface area contributed by atoms with Gasteiger partial charge in [-0.3, -0.25) is 4.79 Å². The van der Waals surface area contributed by atoms with Crippen LogP contribution in [0.25, 0.3) is 16.5 Å². The molecule has 0 saturated carbocycles. The number of fused-ring (bicyclic) bond motifs is 1. The zero-order valence-electron chi connectivity index (χ0n) is 13.2. The number of carbonyl (C=O) groups excluding carboxylic acids is 1. The predicted octanol–water partition coefficient (Wildman–Crippen LogP) is 4.31. The predicted molar refractivity (Wildman–Crippen MR) is 88.9 cm³/mol. The fourth-order valence-corrected chi connectivity index (χ4v) is 6.13. The Morgan fingerprint density at radius 2 is 2.00 bits per heavy atom. The van der Waals surface area contributed by atoms with E-state index in [1.54, 1.807) is 6.20 Å². The lowest BCUT2D eigenvalue weighted by Crippen LogP contribution is -2.34. The molecule has 1 N–H and O–H groups in total. The van der Waals surface area contributed by atoms with Gasteiger partial charge in [0.25, 0.3) is 0 Å². The fourth-order valence-electron chi connectivity index (χ4n) is 3.56. The van der Waals surface area contributed by atoms with Crippen LogP contribution in [-0.4, -0.2) is 25.2 Å². The second-order valence-electron chi connectivity index (χ2n) is 6.71. The van der Waals surface area contributed by atoms with Gasteiger partial charge >= 0.3 is 0 Å². The van der Waals surface area contributed by atoms with Gasteiger partial charge in [0.15, 0.2) is 6.29 Å². The van der Waals surface area contributed by atoms with Crippen molar-refractivity contribution < 1.29 is 9.22 Å². The van der Waals surface area contributed by atoms with Crippen molar-refractivity contribution in [3.05, 3.63) is 40.7 Å². The summed E-state index contributed by atoms with van der Waals surface area (Å²) in [7, 11) is -1.84. The number of benzene rings is 1. The van der Waals surface area contributed by atoms with E-state index in [4.69, 9.17) is 4.43 Å². The quantitative estimate of drug-likeness (QED) is 0.663. The van der Waals surface area contributed by atoms with Gasteiger partial charge in [0.1, 0.15) is 0 Å². The number of allylic oxidation sites excluding steroid dienone is 1. The van der Waals surface area contributed by atoms with Crippen molar-refractivity contribution in [1.29, 1.82) is 0 Å². The molecular formula is C17H21NO2Si. The fraction of sp³-hybridized carbons (Fsp3) is 0.353. The van der Waals surface area contributed by atoms with Gasteiger partial charge in [-0.15, -0.1) is 0 Å². The average Bonchev–Trinajstić information content (AvgIpc) is 2.87. The molecule has 3 nitrogen and oxygen atoms in total. The molecule has 2 aromatic rings. The first-order chi connectivity index (χ1) is 9.78. The first-order valence-electron chi connectivity index (χ1n) is 7.25. The highest BCUT2D eigenvalue weighted by Crippen LogP contribution is 2.46. The van der Waals surface area contributed by atoms with Crippen molar-refractivity contribution >= 4 is 31.1 Å². The van der Waals surface area contributed by atoms with Crippen LogP contribution in [0.4, 0.5) is 0 Å². The zero-order valence-corrected chi connectivity index (χ0v) is 14.2. The molecule has 4 heteroatoms. The van der Waals surface area contributed by atoms with Crippen LogP contribution >= 0.6 is 0 Å². The van der Waals surface area contributed by atoms with Crippen LogP contribution in [-0.2, 0) is 4.43 Å². The molecule has 2 heterocycles. The van der Waals surface area contributed by atoms with Crippen molar-refractivity contribution in [2.24, 2.45) is 0 Å². The number of hydrogen-bond acceptors (Lipinski definition) is 2. The summed E-state index contributed by atoms with van der Waals surface area (Å²) in [5.41, 5.74) is 3.76. The molecule has 21 heavy (non-hydrogen) atoms. The first-order valence-corrected chi connectivity index (χ1v) is 10.2. The lowest BCUT2D eigenvalue weighted by atomic mass is 9.88. The standard InChI is InChI=1S/C17H21NO2Si/c1-11-16(17(2,3)20-21(11,4)5)13-7-6-8-14-15(13)12(10-19)9-18-14/h6-10,18H,1-5H3. The number of hydrogen-bond donors (Lipinski definition) is 1. The number of carbonyl (C=O) groups is 1. The highest BCUT2D eigenvalue weighted by atomic mass is 28.4. The summed E-state index contributed by atoms with van der Waals surface area (Å²) in [6.07, 6.45) is 2.70. The Labute approximate surface area is 126 Å². The summed E-state index contributed by atoms with van der Waals surface area (Å²) in [4.78, 5) is 14.5. The number of H-pyrrole nitrogens is 1. The third-order valence-electron chi connectivity index (χ3n) is 4.52. The Kier molecular flexibility index (Phi) is 3.01. The molecule has 0 unspecified atom stereocenters. The second-order valence-corrected chi connectivity index (χ2v) is 10.7. The minimum atomic E-state index is -1.84. The molecule has 0 bridgehead atoms. The lowest BCUT2D eigenvalue weighted by molar-refractivity contribution is 0.112. The zero-order chi connectivity index (χ0) is 15.4. The molecule has 1 aromatic carbocycles. The second kappa shape index (κ2) is 4.42. The smallest absolute Gasteiger partial charge is 0.215 e. The number of rotatable bonds is 2. The van der Waals surface area contributed by atoms with Gasteiger partial charge in [-0.1, -0.05) is 17.3 Å². The van der Waals surface area contributed by atoms with Gasteiger partial charge in [-0.2, -0.15) is 0 Å². The van der Waals surface area contributed by atoms with E-state index in [0.717, 1.165) is 22.8 Å². The van der Waals surface area contributed by atoms with E-state index >= 15 is 0 Å². The van der Waals surface area contributed by atoms with Crippen LogP contribution in [0, 0.1) is 0 Å². The maximum atomic E-state index is 11.4. The summed E-state index contributed by atoms with van der Waals surface area (Å²) in [5, 5.41) is 2.36. The first kappa shape index (κ1) is 14.3. The van der Waals surface area contributed by atoms with Crippen LogP contribution in [0.5, 0.6) is 0 Å². The molecule has 0 atom stereocenters. The van der Waals surface area contributed by atoms with Gasteiger partial charge in [0.05, 0.1) is 5.60 Å². The molecule has 0 aliphatic carbocycles. The SMILES string of the molecule is CC1=C(c2cccc3[nH]cc(C=O)c23)C(C)(C)O[Si]1(C)C.